The molecule has 1 unspecified atom stereocenters. The molecular weight excluding hydrogens is 250 g/mol. The van der Waals surface area contributed by atoms with E-state index in [-0.39, 0.29) is 5.56 Å². The van der Waals surface area contributed by atoms with Crippen molar-refractivity contribution in [3.8, 4) is 0 Å². The minimum Gasteiger partial charge on any atom is -0.316 e. The second-order valence-electron chi connectivity index (χ2n) is 4.64. The summed E-state index contributed by atoms with van der Waals surface area (Å²) in [5.74, 6) is 0.329. The van der Waals surface area contributed by atoms with Crippen molar-refractivity contribution in [1.82, 2.24) is 14.7 Å². The monoisotopic (exact) mass is 263 g/mol. The van der Waals surface area contributed by atoms with E-state index in [0.717, 1.165) is 31.6 Å². The standard InChI is InChI=1S/C13H14ClN3O/c14-10-3-5-17-12(6-10)16-11(7-13(17)18)9-2-1-4-15-8-9/h3,5-7,9,15H,1-2,4,8H2. The lowest BCUT2D eigenvalue weighted by atomic mass is 9.96. The van der Waals surface area contributed by atoms with Crippen LogP contribution in [-0.4, -0.2) is 22.5 Å². The number of pyridine rings is 1. The van der Waals surface area contributed by atoms with Gasteiger partial charge in [-0.3, -0.25) is 9.20 Å². The van der Waals surface area contributed by atoms with Crippen LogP contribution in [0.1, 0.15) is 24.5 Å². The Morgan fingerprint density at radius 3 is 3.11 bits per heavy atom. The van der Waals surface area contributed by atoms with Crippen LogP contribution in [0.25, 0.3) is 5.65 Å². The van der Waals surface area contributed by atoms with Crippen molar-refractivity contribution in [3.63, 3.8) is 0 Å². The summed E-state index contributed by atoms with van der Waals surface area (Å²) in [6, 6.07) is 5.06. The number of nitrogens with zero attached hydrogens (tertiary/aromatic N) is 2. The van der Waals surface area contributed by atoms with Crippen molar-refractivity contribution in [2.75, 3.05) is 13.1 Å². The lowest BCUT2D eigenvalue weighted by Gasteiger charge is -2.22. The Kier molecular flexibility index (Phi) is 3.06. The molecule has 0 radical (unpaired) electrons. The topological polar surface area (TPSA) is 46.4 Å². The third-order valence-corrected chi connectivity index (χ3v) is 3.60. The van der Waals surface area contributed by atoms with Crippen LogP contribution in [-0.2, 0) is 0 Å². The molecule has 1 N–H and O–H groups in total. The molecule has 0 bridgehead atoms. The van der Waals surface area contributed by atoms with Gasteiger partial charge in [-0.1, -0.05) is 11.6 Å². The predicted octanol–water partition coefficient (Wildman–Crippen LogP) is 1.81. The minimum atomic E-state index is -0.0442. The summed E-state index contributed by atoms with van der Waals surface area (Å²) >= 11 is 5.94. The SMILES string of the molecule is O=c1cc(C2CCCNC2)nc2cc(Cl)ccn12. The van der Waals surface area contributed by atoms with Crippen molar-refractivity contribution in [2.24, 2.45) is 0 Å². The second kappa shape index (κ2) is 4.71. The van der Waals surface area contributed by atoms with Crippen molar-refractivity contribution >= 4 is 17.2 Å². The number of nitrogens with one attached hydrogen (secondary N) is 1. The van der Waals surface area contributed by atoms with Gasteiger partial charge in [-0.2, -0.15) is 0 Å². The molecule has 94 valence electrons. The molecule has 18 heavy (non-hydrogen) atoms. The molecule has 0 aliphatic carbocycles. The summed E-state index contributed by atoms with van der Waals surface area (Å²) in [7, 11) is 0. The fourth-order valence-corrected chi connectivity index (χ4v) is 2.56. The summed E-state index contributed by atoms with van der Waals surface area (Å²) in [5, 5.41) is 3.94. The van der Waals surface area contributed by atoms with Gasteiger partial charge in [0.15, 0.2) is 0 Å². The lowest BCUT2D eigenvalue weighted by molar-refractivity contribution is 0.454. The molecule has 1 atom stereocenters. The number of aromatic nitrogens is 2. The molecule has 1 saturated heterocycles. The Labute approximate surface area is 110 Å². The lowest BCUT2D eigenvalue weighted by Crippen LogP contribution is -2.30. The Balaban J connectivity index is 2.10. The first-order valence-electron chi connectivity index (χ1n) is 6.13. The predicted molar refractivity (Wildman–Crippen MR) is 71.3 cm³/mol. The van der Waals surface area contributed by atoms with Gasteiger partial charge in [0.1, 0.15) is 5.65 Å². The highest BCUT2D eigenvalue weighted by molar-refractivity contribution is 6.30. The molecule has 0 spiro atoms. The zero-order valence-electron chi connectivity index (χ0n) is 9.90. The molecule has 1 aliphatic rings. The van der Waals surface area contributed by atoms with Crippen molar-refractivity contribution in [2.45, 2.75) is 18.8 Å². The van der Waals surface area contributed by atoms with Crippen LogP contribution in [0.2, 0.25) is 5.02 Å². The van der Waals surface area contributed by atoms with Gasteiger partial charge in [0.05, 0.1) is 5.69 Å². The van der Waals surface area contributed by atoms with E-state index in [2.05, 4.69) is 10.3 Å². The van der Waals surface area contributed by atoms with E-state index in [1.165, 1.54) is 4.40 Å². The van der Waals surface area contributed by atoms with E-state index in [9.17, 15) is 4.79 Å². The number of fused-ring (bicyclic) bond motifs is 1. The quantitative estimate of drug-likeness (QED) is 0.854. The zero-order valence-corrected chi connectivity index (χ0v) is 10.7. The van der Waals surface area contributed by atoms with Crippen molar-refractivity contribution < 1.29 is 0 Å². The molecule has 2 aromatic heterocycles. The third-order valence-electron chi connectivity index (χ3n) is 3.36. The van der Waals surface area contributed by atoms with Crippen molar-refractivity contribution in [1.29, 1.82) is 0 Å². The van der Waals surface area contributed by atoms with Crippen molar-refractivity contribution in [3.05, 3.63) is 45.5 Å². The van der Waals surface area contributed by atoms with E-state index in [4.69, 9.17) is 11.6 Å². The fraction of sp³-hybridized carbons (Fsp3) is 0.385. The molecule has 1 aliphatic heterocycles. The normalized spacial score (nSPS) is 20.2. The third kappa shape index (κ3) is 2.13. The van der Waals surface area contributed by atoms with Crippen LogP contribution < -0.4 is 10.9 Å². The number of rotatable bonds is 1. The summed E-state index contributed by atoms with van der Waals surface area (Å²) in [6.45, 7) is 1.94. The van der Waals surface area contributed by atoms with Crippen LogP contribution in [0.4, 0.5) is 0 Å². The van der Waals surface area contributed by atoms with Crippen LogP contribution >= 0.6 is 11.6 Å². The molecule has 0 saturated carbocycles. The van der Waals surface area contributed by atoms with Gasteiger partial charge in [0.2, 0.25) is 0 Å². The average molecular weight is 264 g/mol. The molecule has 0 amide bonds. The van der Waals surface area contributed by atoms with E-state index in [0.29, 0.717) is 16.6 Å². The molecular formula is C13H14ClN3O. The highest BCUT2D eigenvalue weighted by atomic mass is 35.5. The molecule has 2 aromatic rings. The maximum Gasteiger partial charge on any atom is 0.258 e. The summed E-state index contributed by atoms with van der Waals surface area (Å²) in [5.41, 5.74) is 1.45. The van der Waals surface area contributed by atoms with Crippen LogP contribution in [0.3, 0.4) is 0 Å². The number of hydrogen-bond donors (Lipinski definition) is 1. The second-order valence-corrected chi connectivity index (χ2v) is 5.07. The summed E-state index contributed by atoms with van der Waals surface area (Å²) < 4.78 is 1.52. The number of halogens is 1. The van der Waals surface area contributed by atoms with Gasteiger partial charge in [-0.05, 0) is 25.5 Å². The van der Waals surface area contributed by atoms with E-state index in [1.54, 1.807) is 24.4 Å². The number of piperidine rings is 1. The maximum atomic E-state index is 12.0. The molecule has 3 rings (SSSR count). The Morgan fingerprint density at radius 1 is 1.44 bits per heavy atom. The maximum absolute atomic E-state index is 12.0. The van der Waals surface area contributed by atoms with Gasteiger partial charge in [0, 0.05) is 35.8 Å². The van der Waals surface area contributed by atoms with E-state index in [1.807, 2.05) is 0 Å². The van der Waals surface area contributed by atoms with Gasteiger partial charge in [-0.25, -0.2) is 4.98 Å². The van der Waals surface area contributed by atoms with Gasteiger partial charge in [-0.15, -0.1) is 0 Å². The first-order chi connectivity index (χ1) is 8.74. The first-order valence-corrected chi connectivity index (χ1v) is 6.51. The smallest absolute Gasteiger partial charge is 0.258 e. The molecule has 3 heterocycles. The van der Waals surface area contributed by atoms with Crippen LogP contribution in [0, 0.1) is 0 Å². The molecule has 1 fully saturated rings. The Bertz CT molecular complexity index is 632. The zero-order chi connectivity index (χ0) is 12.5. The largest absolute Gasteiger partial charge is 0.316 e. The Morgan fingerprint density at radius 2 is 2.33 bits per heavy atom. The van der Waals surface area contributed by atoms with Crippen LogP contribution in [0.15, 0.2) is 29.2 Å². The van der Waals surface area contributed by atoms with Crippen LogP contribution in [0.5, 0.6) is 0 Å². The summed E-state index contributed by atoms with van der Waals surface area (Å²) in [4.78, 5) is 16.6. The van der Waals surface area contributed by atoms with E-state index < -0.39 is 0 Å². The Hall–Kier alpha value is -1.39. The molecule has 4 nitrogen and oxygen atoms in total. The van der Waals surface area contributed by atoms with Gasteiger partial charge in [0.25, 0.3) is 5.56 Å². The highest BCUT2D eigenvalue weighted by Crippen LogP contribution is 2.21. The minimum absolute atomic E-state index is 0.0442. The average Bonchev–Trinajstić information content (AvgIpc) is 2.39. The highest BCUT2D eigenvalue weighted by Gasteiger charge is 2.17. The van der Waals surface area contributed by atoms with E-state index >= 15 is 0 Å². The fourth-order valence-electron chi connectivity index (χ4n) is 2.41. The summed E-state index contributed by atoms with van der Waals surface area (Å²) in [6.07, 6.45) is 3.87. The molecule has 0 aromatic carbocycles. The van der Waals surface area contributed by atoms with Gasteiger partial charge >= 0.3 is 0 Å². The number of hydrogen-bond acceptors (Lipinski definition) is 3. The van der Waals surface area contributed by atoms with Gasteiger partial charge < -0.3 is 5.32 Å². The first kappa shape index (κ1) is 11.7. The molecule has 5 heteroatoms.